The summed E-state index contributed by atoms with van der Waals surface area (Å²) in [4.78, 5) is 11.1. The largest absolute Gasteiger partial charge is 0.478 e. The van der Waals surface area contributed by atoms with Crippen LogP contribution in [-0.2, 0) is 4.79 Å². The van der Waals surface area contributed by atoms with E-state index in [-0.39, 0.29) is 5.41 Å². The monoisotopic (exact) mass is 328 g/mol. The van der Waals surface area contributed by atoms with Gasteiger partial charge in [0.2, 0.25) is 0 Å². The summed E-state index contributed by atoms with van der Waals surface area (Å²) in [6, 6.07) is 0. The topological polar surface area (TPSA) is 37.3 Å². The maximum absolute atomic E-state index is 11.1. The van der Waals surface area contributed by atoms with Gasteiger partial charge < -0.3 is 5.11 Å². The van der Waals surface area contributed by atoms with Crippen molar-refractivity contribution in [2.45, 2.75) is 67.2 Å². The van der Waals surface area contributed by atoms with E-state index in [0.29, 0.717) is 12.0 Å². The number of hydrogen-bond donors (Lipinski definition) is 1. The van der Waals surface area contributed by atoms with Crippen molar-refractivity contribution in [3.8, 4) is 0 Å². The molecule has 0 saturated carbocycles. The Morgan fingerprint density at radius 3 is 2.46 bits per heavy atom. The molecule has 1 aliphatic rings. The number of allylic oxidation sites excluding steroid dienone is 9. The van der Waals surface area contributed by atoms with Gasteiger partial charge in [-0.3, -0.25) is 0 Å². The molecule has 0 spiro atoms. The summed E-state index contributed by atoms with van der Waals surface area (Å²) in [6.07, 6.45) is 14.5. The molecule has 1 aliphatic carbocycles. The number of carboxylic acid groups (broad SMARTS) is 1. The van der Waals surface area contributed by atoms with Crippen molar-refractivity contribution >= 4 is 5.97 Å². The Kier molecular flexibility index (Phi) is 7.47. The first-order valence-corrected chi connectivity index (χ1v) is 8.85. The van der Waals surface area contributed by atoms with Gasteiger partial charge in [0.15, 0.2) is 0 Å². The fourth-order valence-electron chi connectivity index (χ4n) is 3.32. The molecule has 24 heavy (non-hydrogen) atoms. The molecule has 0 radical (unpaired) electrons. The maximum atomic E-state index is 11.1. The van der Waals surface area contributed by atoms with Crippen molar-refractivity contribution in [1.82, 2.24) is 0 Å². The second-order valence-corrected chi connectivity index (χ2v) is 7.35. The Hall–Kier alpha value is -1.83. The second kappa shape index (κ2) is 8.86. The van der Waals surface area contributed by atoms with Crippen LogP contribution < -0.4 is 0 Å². The first kappa shape index (κ1) is 20.2. The molecule has 2 nitrogen and oxygen atoms in total. The molecule has 0 amide bonds. The first-order valence-electron chi connectivity index (χ1n) is 8.85. The number of carboxylic acids is 1. The highest BCUT2D eigenvalue weighted by molar-refractivity contribution is 5.87. The normalized spacial score (nSPS) is 20.0. The fraction of sp³-hybridized carbons (Fsp3) is 0.500. The predicted octanol–water partition coefficient (Wildman–Crippen LogP) is 6.38. The van der Waals surface area contributed by atoms with Gasteiger partial charge in [0.25, 0.3) is 0 Å². The molecule has 0 atom stereocenters. The molecule has 0 saturated heterocycles. The lowest BCUT2D eigenvalue weighted by Gasteiger charge is -2.32. The Balaban J connectivity index is 2.88. The highest BCUT2D eigenvalue weighted by atomic mass is 16.4. The van der Waals surface area contributed by atoms with Crippen molar-refractivity contribution in [2.24, 2.45) is 5.41 Å². The van der Waals surface area contributed by atoms with Crippen LogP contribution in [0.2, 0.25) is 0 Å². The summed E-state index contributed by atoms with van der Waals surface area (Å²) in [5, 5.41) is 9.13. The summed E-state index contributed by atoms with van der Waals surface area (Å²) < 4.78 is 0. The SMILES string of the molecule is CC\C(C(=O)O)=C(C)/C=C/C=C(C)/C=C/C1=C(C)CCCC1(C)C. The van der Waals surface area contributed by atoms with E-state index in [1.165, 1.54) is 30.4 Å². The average Bonchev–Trinajstić information content (AvgIpc) is 2.46. The number of carbonyl (C=O) groups is 1. The van der Waals surface area contributed by atoms with E-state index in [4.69, 9.17) is 5.11 Å². The van der Waals surface area contributed by atoms with Crippen LogP contribution in [-0.4, -0.2) is 11.1 Å². The number of hydrogen-bond acceptors (Lipinski definition) is 1. The molecular formula is C22H32O2. The van der Waals surface area contributed by atoms with Crippen LogP contribution >= 0.6 is 0 Å². The molecule has 0 fully saturated rings. The molecule has 1 N–H and O–H groups in total. The zero-order chi connectivity index (χ0) is 18.3. The van der Waals surface area contributed by atoms with Gasteiger partial charge in [0.05, 0.1) is 0 Å². The Labute approximate surface area is 147 Å². The van der Waals surface area contributed by atoms with Gasteiger partial charge in [-0.2, -0.15) is 0 Å². The molecule has 132 valence electrons. The first-order chi connectivity index (χ1) is 11.2. The molecule has 0 heterocycles. The summed E-state index contributed by atoms with van der Waals surface area (Å²) in [7, 11) is 0. The van der Waals surface area contributed by atoms with E-state index in [0.717, 1.165) is 11.1 Å². The summed E-state index contributed by atoms with van der Waals surface area (Å²) >= 11 is 0. The third kappa shape index (κ3) is 5.67. The van der Waals surface area contributed by atoms with Crippen molar-refractivity contribution in [3.63, 3.8) is 0 Å². The van der Waals surface area contributed by atoms with Crippen molar-refractivity contribution in [3.05, 3.63) is 58.2 Å². The van der Waals surface area contributed by atoms with E-state index in [9.17, 15) is 4.79 Å². The van der Waals surface area contributed by atoms with Gasteiger partial charge >= 0.3 is 5.97 Å². The molecular weight excluding hydrogens is 296 g/mol. The summed E-state index contributed by atoms with van der Waals surface area (Å²) in [5.41, 5.74) is 5.65. The van der Waals surface area contributed by atoms with Gasteiger partial charge in [-0.1, -0.05) is 62.3 Å². The molecule has 0 aromatic rings. The predicted molar refractivity (Wildman–Crippen MR) is 103 cm³/mol. The molecule has 0 aromatic heterocycles. The summed E-state index contributed by atoms with van der Waals surface area (Å²) in [6.45, 7) is 12.7. The van der Waals surface area contributed by atoms with Gasteiger partial charge in [-0.15, -0.1) is 0 Å². The van der Waals surface area contributed by atoms with Gasteiger partial charge in [-0.25, -0.2) is 4.79 Å². The minimum atomic E-state index is -0.831. The maximum Gasteiger partial charge on any atom is 0.331 e. The zero-order valence-corrected chi connectivity index (χ0v) is 16.1. The Morgan fingerprint density at radius 1 is 1.25 bits per heavy atom. The molecule has 0 bridgehead atoms. The third-order valence-corrected chi connectivity index (χ3v) is 4.85. The Bertz CT molecular complexity index is 622. The summed E-state index contributed by atoms with van der Waals surface area (Å²) in [5.74, 6) is -0.831. The second-order valence-electron chi connectivity index (χ2n) is 7.35. The van der Waals surface area contributed by atoms with Crippen molar-refractivity contribution in [2.75, 3.05) is 0 Å². The van der Waals surface area contributed by atoms with Crippen LogP contribution in [0.4, 0.5) is 0 Å². The molecule has 0 unspecified atom stereocenters. The molecule has 0 aliphatic heterocycles. The van der Waals surface area contributed by atoms with E-state index >= 15 is 0 Å². The lowest BCUT2D eigenvalue weighted by atomic mass is 9.72. The van der Waals surface area contributed by atoms with Gasteiger partial charge in [0.1, 0.15) is 0 Å². The smallest absolute Gasteiger partial charge is 0.331 e. The number of rotatable bonds is 6. The average molecular weight is 328 g/mol. The Morgan fingerprint density at radius 2 is 1.92 bits per heavy atom. The highest BCUT2D eigenvalue weighted by Gasteiger charge is 2.26. The standard InChI is InChI=1S/C22H32O2/c1-7-19(21(23)24)17(3)11-8-10-16(2)13-14-20-18(4)12-9-15-22(20,5)6/h8,10-11,13-14H,7,9,12,15H2,1-6H3,(H,23,24)/b11-8+,14-13+,16-10+,19-17+. The van der Waals surface area contributed by atoms with Crippen LogP contribution in [0.5, 0.6) is 0 Å². The number of aliphatic carboxylic acids is 1. The van der Waals surface area contributed by atoms with Gasteiger partial charge in [-0.05, 0) is 63.0 Å². The van der Waals surface area contributed by atoms with E-state index in [2.05, 4.69) is 39.8 Å². The zero-order valence-electron chi connectivity index (χ0n) is 16.1. The highest BCUT2D eigenvalue weighted by Crippen LogP contribution is 2.40. The van der Waals surface area contributed by atoms with Crippen LogP contribution in [0.15, 0.2) is 58.2 Å². The molecule has 2 heteroatoms. The fourth-order valence-corrected chi connectivity index (χ4v) is 3.32. The van der Waals surface area contributed by atoms with E-state index < -0.39 is 5.97 Å². The lowest BCUT2D eigenvalue weighted by molar-refractivity contribution is -0.132. The van der Waals surface area contributed by atoms with E-state index in [1.807, 2.05) is 32.1 Å². The van der Waals surface area contributed by atoms with Crippen LogP contribution in [0, 0.1) is 5.41 Å². The minimum absolute atomic E-state index is 0.256. The molecule has 1 rings (SSSR count). The van der Waals surface area contributed by atoms with Crippen LogP contribution in [0.3, 0.4) is 0 Å². The van der Waals surface area contributed by atoms with Crippen LogP contribution in [0.1, 0.15) is 67.2 Å². The van der Waals surface area contributed by atoms with Crippen molar-refractivity contribution in [1.29, 1.82) is 0 Å². The van der Waals surface area contributed by atoms with Crippen LogP contribution in [0.25, 0.3) is 0 Å². The molecule has 0 aromatic carbocycles. The van der Waals surface area contributed by atoms with Crippen molar-refractivity contribution < 1.29 is 9.90 Å². The van der Waals surface area contributed by atoms with Gasteiger partial charge in [0, 0.05) is 5.57 Å². The minimum Gasteiger partial charge on any atom is -0.478 e. The van der Waals surface area contributed by atoms with E-state index in [1.54, 1.807) is 0 Å². The lowest BCUT2D eigenvalue weighted by Crippen LogP contribution is -2.19. The third-order valence-electron chi connectivity index (χ3n) is 4.85. The quantitative estimate of drug-likeness (QED) is 0.453.